The van der Waals surface area contributed by atoms with Crippen molar-refractivity contribution in [3.05, 3.63) is 72.2 Å². The number of para-hydroxylation sites is 1. The van der Waals surface area contributed by atoms with Gasteiger partial charge in [0.25, 0.3) is 0 Å². The van der Waals surface area contributed by atoms with Crippen molar-refractivity contribution in [3.8, 4) is 5.69 Å². The van der Waals surface area contributed by atoms with Gasteiger partial charge in [-0.1, -0.05) is 31.0 Å². The van der Waals surface area contributed by atoms with Gasteiger partial charge < -0.3 is 9.80 Å². The van der Waals surface area contributed by atoms with E-state index in [9.17, 15) is 4.79 Å². The van der Waals surface area contributed by atoms with Gasteiger partial charge in [0.15, 0.2) is 11.4 Å². The summed E-state index contributed by atoms with van der Waals surface area (Å²) in [5, 5.41) is 5.73. The summed E-state index contributed by atoms with van der Waals surface area (Å²) in [5.41, 5.74) is 3.82. The minimum atomic E-state index is 0.100. The van der Waals surface area contributed by atoms with Crippen LogP contribution in [0.4, 0.5) is 11.5 Å². The molecule has 0 spiro atoms. The second-order valence-corrected chi connectivity index (χ2v) is 9.59. The molecule has 0 unspecified atom stereocenters. The molecule has 2 fully saturated rings. The van der Waals surface area contributed by atoms with Crippen LogP contribution in [0.5, 0.6) is 0 Å². The average molecular weight is 467 g/mol. The van der Waals surface area contributed by atoms with Crippen LogP contribution in [0.2, 0.25) is 0 Å². The Morgan fingerprint density at radius 2 is 1.51 bits per heavy atom. The van der Waals surface area contributed by atoms with E-state index in [1.807, 2.05) is 41.2 Å². The van der Waals surface area contributed by atoms with Gasteiger partial charge in [0.05, 0.1) is 17.3 Å². The summed E-state index contributed by atoms with van der Waals surface area (Å²) in [6.45, 7) is 5.16. The van der Waals surface area contributed by atoms with Gasteiger partial charge in [0.1, 0.15) is 11.6 Å². The quantitative estimate of drug-likeness (QED) is 0.386. The van der Waals surface area contributed by atoms with Crippen LogP contribution in [0.15, 0.2) is 60.8 Å². The van der Waals surface area contributed by atoms with E-state index in [4.69, 9.17) is 15.1 Å². The van der Waals surface area contributed by atoms with Gasteiger partial charge in [0, 0.05) is 43.3 Å². The maximum Gasteiger partial charge on any atom is 0.168 e. The SMILES string of the molecule is CC(=O)c1ccc(N2CCN(c3nc(C4CCCC4)nc4c3cnn4-c3ccccc3)CC2)cc1. The van der Waals surface area contributed by atoms with Crippen molar-refractivity contribution in [2.45, 2.75) is 38.5 Å². The third kappa shape index (κ3) is 4.16. The molecule has 0 N–H and O–H groups in total. The minimum Gasteiger partial charge on any atom is -0.368 e. The van der Waals surface area contributed by atoms with Gasteiger partial charge in [-0.2, -0.15) is 5.10 Å². The number of carbonyl (C=O) groups excluding carboxylic acids is 1. The molecule has 1 aliphatic carbocycles. The standard InChI is InChI=1S/C28H30N6O/c1-20(35)21-11-13-23(14-12-21)32-15-17-33(18-16-32)27-25-19-29-34(24-9-3-2-4-10-24)28(25)31-26(30-27)22-7-5-6-8-22/h2-4,9-14,19,22H,5-8,15-18H2,1H3. The maximum absolute atomic E-state index is 11.6. The minimum absolute atomic E-state index is 0.100. The van der Waals surface area contributed by atoms with E-state index < -0.39 is 0 Å². The summed E-state index contributed by atoms with van der Waals surface area (Å²) in [6, 6.07) is 18.2. The first-order valence-corrected chi connectivity index (χ1v) is 12.6. The molecule has 4 aromatic rings. The molecule has 7 heteroatoms. The number of fused-ring (bicyclic) bond motifs is 1. The molecule has 3 heterocycles. The van der Waals surface area contributed by atoms with E-state index in [-0.39, 0.29) is 5.78 Å². The van der Waals surface area contributed by atoms with E-state index in [2.05, 4.69) is 34.1 Å². The predicted octanol–water partition coefficient (Wildman–Crippen LogP) is 5.00. The Morgan fingerprint density at radius 3 is 2.20 bits per heavy atom. The van der Waals surface area contributed by atoms with Crippen molar-refractivity contribution in [3.63, 3.8) is 0 Å². The summed E-state index contributed by atoms with van der Waals surface area (Å²) in [4.78, 5) is 26.6. The molecular formula is C28H30N6O. The van der Waals surface area contributed by atoms with Crippen molar-refractivity contribution < 1.29 is 4.79 Å². The molecule has 178 valence electrons. The molecule has 1 saturated heterocycles. The largest absolute Gasteiger partial charge is 0.368 e. The number of rotatable bonds is 5. The number of hydrogen-bond acceptors (Lipinski definition) is 6. The molecular weight excluding hydrogens is 436 g/mol. The first kappa shape index (κ1) is 21.8. The molecule has 2 aliphatic rings. The van der Waals surface area contributed by atoms with E-state index in [0.29, 0.717) is 5.92 Å². The summed E-state index contributed by atoms with van der Waals surface area (Å²) < 4.78 is 1.95. The van der Waals surface area contributed by atoms with Crippen molar-refractivity contribution in [2.24, 2.45) is 0 Å². The zero-order chi connectivity index (χ0) is 23.8. The Morgan fingerprint density at radius 1 is 0.829 bits per heavy atom. The van der Waals surface area contributed by atoms with Gasteiger partial charge in [-0.25, -0.2) is 14.6 Å². The number of carbonyl (C=O) groups is 1. The van der Waals surface area contributed by atoms with E-state index in [0.717, 1.165) is 78.6 Å². The number of piperazine rings is 1. The molecule has 2 aromatic heterocycles. The fraction of sp³-hybridized carbons (Fsp3) is 0.357. The van der Waals surface area contributed by atoms with Crippen LogP contribution in [0.1, 0.15) is 54.7 Å². The molecule has 1 aliphatic heterocycles. The second kappa shape index (κ2) is 9.13. The first-order valence-electron chi connectivity index (χ1n) is 12.6. The number of nitrogens with zero attached hydrogens (tertiary/aromatic N) is 6. The highest BCUT2D eigenvalue weighted by atomic mass is 16.1. The van der Waals surface area contributed by atoms with E-state index >= 15 is 0 Å². The average Bonchev–Trinajstić information content (AvgIpc) is 3.59. The molecule has 6 rings (SSSR count). The monoisotopic (exact) mass is 466 g/mol. The van der Waals surface area contributed by atoms with Crippen LogP contribution >= 0.6 is 0 Å². The molecule has 0 radical (unpaired) electrons. The summed E-state index contributed by atoms with van der Waals surface area (Å²) in [7, 11) is 0. The van der Waals surface area contributed by atoms with E-state index in [1.54, 1.807) is 6.92 Å². The third-order valence-corrected chi connectivity index (χ3v) is 7.36. The van der Waals surface area contributed by atoms with Gasteiger partial charge >= 0.3 is 0 Å². The smallest absolute Gasteiger partial charge is 0.168 e. The summed E-state index contributed by atoms with van der Waals surface area (Å²) >= 11 is 0. The zero-order valence-corrected chi connectivity index (χ0v) is 20.1. The second-order valence-electron chi connectivity index (χ2n) is 9.59. The fourth-order valence-electron chi connectivity index (χ4n) is 5.36. The highest BCUT2D eigenvalue weighted by Gasteiger charge is 2.26. The van der Waals surface area contributed by atoms with Crippen LogP contribution in [-0.4, -0.2) is 51.7 Å². The zero-order valence-electron chi connectivity index (χ0n) is 20.1. The molecule has 1 saturated carbocycles. The third-order valence-electron chi connectivity index (χ3n) is 7.36. The van der Waals surface area contributed by atoms with Crippen molar-refractivity contribution in [2.75, 3.05) is 36.0 Å². The van der Waals surface area contributed by atoms with Gasteiger partial charge in [-0.15, -0.1) is 0 Å². The van der Waals surface area contributed by atoms with Gasteiger partial charge in [-0.05, 0) is 56.2 Å². The highest BCUT2D eigenvalue weighted by molar-refractivity contribution is 5.94. The number of Topliss-reactive ketones (excluding diaryl/α,β-unsaturated/α-hetero) is 1. The van der Waals surface area contributed by atoms with Crippen molar-refractivity contribution in [1.82, 2.24) is 19.7 Å². The molecule has 7 nitrogen and oxygen atoms in total. The Labute approximate surface area is 205 Å². The Bertz CT molecular complexity index is 1330. The van der Waals surface area contributed by atoms with Crippen LogP contribution in [0.25, 0.3) is 16.7 Å². The number of ketones is 1. The lowest BCUT2D eigenvalue weighted by molar-refractivity contribution is 0.101. The predicted molar refractivity (Wildman–Crippen MR) is 139 cm³/mol. The normalized spacial score (nSPS) is 16.8. The van der Waals surface area contributed by atoms with E-state index in [1.165, 1.54) is 12.8 Å². The lowest BCUT2D eigenvalue weighted by atomic mass is 10.1. The summed E-state index contributed by atoms with van der Waals surface area (Å²) in [6.07, 6.45) is 6.74. The van der Waals surface area contributed by atoms with Crippen molar-refractivity contribution in [1.29, 1.82) is 0 Å². The fourth-order valence-corrected chi connectivity index (χ4v) is 5.36. The maximum atomic E-state index is 11.6. The number of anilines is 2. The number of benzene rings is 2. The topological polar surface area (TPSA) is 67.2 Å². The molecule has 35 heavy (non-hydrogen) atoms. The highest BCUT2D eigenvalue weighted by Crippen LogP contribution is 2.35. The Hall–Kier alpha value is -3.74. The van der Waals surface area contributed by atoms with Crippen LogP contribution < -0.4 is 9.80 Å². The van der Waals surface area contributed by atoms with Gasteiger partial charge in [0.2, 0.25) is 0 Å². The number of aromatic nitrogens is 4. The van der Waals surface area contributed by atoms with Gasteiger partial charge in [-0.3, -0.25) is 4.79 Å². The Balaban J connectivity index is 1.31. The molecule has 2 aromatic carbocycles. The lowest BCUT2D eigenvalue weighted by Crippen LogP contribution is -2.47. The lowest BCUT2D eigenvalue weighted by Gasteiger charge is -2.37. The molecule has 0 atom stereocenters. The first-order chi connectivity index (χ1) is 17.2. The Kier molecular flexibility index (Phi) is 5.68. The molecule has 0 bridgehead atoms. The summed E-state index contributed by atoms with van der Waals surface area (Å²) in [5.74, 6) is 2.50. The number of hydrogen-bond donors (Lipinski definition) is 0. The van der Waals surface area contributed by atoms with Crippen molar-refractivity contribution >= 4 is 28.3 Å². The molecule has 0 amide bonds. The van der Waals surface area contributed by atoms with Crippen LogP contribution in [0.3, 0.4) is 0 Å². The van der Waals surface area contributed by atoms with Crippen LogP contribution in [-0.2, 0) is 0 Å². The van der Waals surface area contributed by atoms with Crippen LogP contribution in [0, 0.1) is 0 Å².